The Morgan fingerprint density at radius 2 is 2.16 bits per heavy atom. The Balaban J connectivity index is 2.12. The monoisotopic (exact) mass is 325 g/mol. The molecule has 0 spiro atoms. The molecule has 3 nitrogen and oxygen atoms in total. The molecular weight excluding hydrogens is 302 g/mol. The number of hydrogen-bond donors (Lipinski definition) is 1. The third kappa shape index (κ3) is 4.01. The number of rotatable bonds is 2. The van der Waals surface area contributed by atoms with Crippen molar-refractivity contribution in [3.8, 4) is 0 Å². The standard InChI is InChI=1S/C15H24BrN3/c1-11-9-19(14(8-17-11)15(2,3)4)10-13-6-5-12(16)7-18-13/h5-7,11,14,17H,8-10H2,1-4H3. The van der Waals surface area contributed by atoms with Gasteiger partial charge < -0.3 is 5.32 Å². The van der Waals surface area contributed by atoms with Crippen LogP contribution in [0.4, 0.5) is 0 Å². The zero-order valence-corrected chi connectivity index (χ0v) is 13.9. The van der Waals surface area contributed by atoms with Crippen LogP contribution < -0.4 is 5.32 Å². The van der Waals surface area contributed by atoms with Gasteiger partial charge in [-0.15, -0.1) is 0 Å². The maximum atomic E-state index is 4.50. The fourth-order valence-corrected chi connectivity index (χ4v) is 2.96. The number of nitrogens with zero attached hydrogens (tertiary/aromatic N) is 2. The van der Waals surface area contributed by atoms with Crippen LogP contribution in [-0.2, 0) is 6.54 Å². The molecule has 106 valence electrons. The first kappa shape index (κ1) is 14.9. The van der Waals surface area contributed by atoms with E-state index in [1.807, 2.05) is 6.20 Å². The van der Waals surface area contributed by atoms with E-state index in [1.54, 1.807) is 0 Å². The molecule has 1 aliphatic heterocycles. The molecule has 1 saturated heterocycles. The van der Waals surface area contributed by atoms with Gasteiger partial charge in [-0.3, -0.25) is 9.88 Å². The molecule has 2 atom stereocenters. The number of halogens is 1. The first-order valence-corrected chi connectivity index (χ1v) is 7.73. The summed E-state index contributed by atoms with van der Waals surface area (Å²) in [5.74, 6) is 0. The van der Waals surface area contributed by atoms with E-state index in [4.69, 9.17) is 0 Å². The minimum atomic E-state index is 0.280. The molecule has 0 bridgehead atoms. The summed E-state index contributed by atoms with van der Waals surface area (Å²) in [5.41, 5.74) is 1.43. The molecule has 1 N–H and O–H groups in total. The molecule has 2 rings (SSSR count). The van der Waals surface area contributed by atoms with Gasteiger partial charge in [-0.05, 0) is 40.4 Å². The molecule has 19 heavy (non-hydrogen) atoms. The number of aromatic nitrogens is 1. The summed E-state index contributed by atoms with van der Waals surface area (Å²) in [6.07, 6.45) is 1.88. The highest BCUT2D eigenvalue weighted by Crippen LogP contribution is 2.27. The number of pyridine rings is 1. The molecule has 4 heteroatoms. The van der Waals surface area contributed by atoms with Crippen LogP contribution in [0.15, 0.2) is 22.8 Å². The lowest BCUT2D eigenvalue weighted by molar-refractivity contribution is 0.0516. The summed E-state index contributed by atoms with van der Waals surface area (Å²) < 4.78 is 1.04. The van der Waals surface area contributed by atoms with Gasteiger partial charge in [-0.2, -0.15) is 0 Å². The average Bonchev–Trinajstić information content (AvgIpc) is 2.30. The van der Waals surface area contributed by atoms with Crippen LogP contribution in [0, 0.1) is 5.41 Å². The van der Waals surface area contributed by atoms with Crippen LogP contribution in [0.2, 0.25) is 0 Å². The zero-order valence-electron chi connectivity index (χ0n) is 12.3. The van der Waals surface area contributed by atoms with Gasteiger partial charge in [-0.25, -0.2) is 0 Å². The molecule has 1 fully saturated rings. The number of nitrogens with one attached hydrogen (secondary N) is 1. The molecule has 2 heterocycles. The van der Waals surface area contributed by atoms with Crippen molar-refractivity contribution in [2.75, 3.05) is 13.1 Å². The van der Waals surface area contributed by atoms with E-state index in [1.165, 1.54) is 0 Å². The molecular formula is C15H24BrN3. The van der Waals surface area contributed by atoms with E-state index < -0.39 is 0 Å². The summed E-state index contributed by atoms with van der Waals surface area (Å²) in [6, 6.07) is 5.28. The molecule has 0 saturated carbocycles. The summed E-state index contributed by atoms with van der Waals surface area (Å²) in [6.45, 7) is 12.3. The van der Waals surface area contributed by atoms with Gasteiger partial charge in [0, 0.05) is 42.4 Å². The fourth-order valence-electron chi connectivity index (χ4n) is 2.72. The van der Waals surface area contributed by atoms with Crippen molar-refractivity contribution in [1.29, 1.82) is 0 Å². The van der Waals surface area contributed by atoms with Gasteiger partial charge in [0.15, 0.2) is 0 Å². The highest BCUT2D eigenvalue weighted by Gasteiger charge is 2.34. The molecule has 1 aromatic rings. The van der Waals surface area contributed by atoms with Gasteiger partial charge in [-0.1, -0.05) is 20.8 Å². The summed E-state index contributed by atoms with van der Waals surface area (Å²) in [7, 11) is 0. The van der Waals surface area contributed by atoms with Crippen LogP contribution >= 0.6 is 15.9 Å². The quantitative estimate of drug-likeness (QED) is 0.905. The van der Waals surface area contributed by atoms with Gasteiger partial charge in [0.05, 0.1) is 5.69 Å². The zero-order chi connectivity index (χ0) is 14.0. The van der Waals surface area contributed by atoms with E-state index in [-0.39, 0.29) is 5.41 Å². The van der Waals surface area contributed by atoms with Gasteiger partial charge >= 0.3 is 0 Å². The Hall–Kier alpha value is -0.450. The Morgan fingerprint density at radius 1 is 1.42 bits per heavy atom. The van der Waals surface area contributed by atoms with Crippen molar-refractivity contribution in [2.45, 2.75) is 46.3 Å². The topological polar surface area (TPSA) is 28.2 Å². The van der Waals surface area contributed by atoms with Gasteiger partial charge in [0.25, 0.3) is 0 Å². The van der Waals surface area contributed by atoms with Crippen LogP contribution in [0.5, 0.6) is 0 Å². The lowest BCUT2D eigenvalue weighted by Gasteiger charge is -2.45. The molecule has 0 radical (unpaired) electrons. The van der Waals surface area contributed by atoms with Crippen molar-refractivity contribution >= 4 is 15.9 Å². The summed E-state index contributed by atoms with van der Waals surface area (Å²) in [4.78, 5) is 7.07. The van der Waals surface area contributed by atoms with Crippen LogP contribution in [0.1, 0.15) is 33.4 Å². The largest absolute Gasteiger partial charge is 0.311 e. The molecule has 0 amide bonds. The molecule has 1 aromatic heterocycles. The molecule has 1 aliphatic rings. The normalized spacial score (nSPS) is 25.5. The van der Waals surface area contributed by atoms with E-state index in [2.05, 4.69) is 71.0 Å². The van der Waals surface area contributed by atoms with Gasteiger partial charge in [0.2, 0.25) is 0 Å². The van der Waals surface area contributed by atoms with Crippen molar-refractivity contribution in [3.63, 3.8) is 0 Å². The van der Waals surface area contributed by atoms with Crippen LogP contribution in [-0.4, -0.2) is 35.1 Å². The predicted octanol–water partition coefficient (Wildman–Crippen LogP) is 3.05. The van der Waals surface area contributed by atoms with Gasteiger partial charge in [0.1, 0.15) is 0 Å². The maximum absolute atomic E-state index is 4.50. The van der Waals surface area contributed by atoms with E-state index in [0.29, 0.717) is 12.1 Å². The molecule has 2 unspecified atom stereocenters. The minimum absolute atomic E-state index is 0.280. The Kier molecular flexibility index (Phi) is 4.64. The fraction of sp³-hybridized carbons (Fsp3) is 0.667. The highest BCUT2D eigenvalue weighted by molar-refractivity contribution is 9.10. The van der Waals surface area contributed by atoms with Crippen molar-refractivity contribution in [1.82, 2.24) is 15.2 Å². The SMILES string of the molecule is CC1CN(Cc2ccc(Br)cn2)C(C(C)(C)C)CN1. The van der Waals surface area contributed by atoms with E-state index >= 15 is 0 Å². The lowest BCUT2D eigenvalue weighted by Crippen LogP contribution is -2.59. The smallest absolute Gasteiger partial charge is 0.0544 e. The van der Waals surface area contributed by atoms with E-state index in [0.717, 1.165) is 29.8 Å². The number of piperazine rings is 1. The van der Waals surface area contributed by atoms with Crippen molar-refractivity contribution < 1.29 is 0 Å². The first-order valence-electron chi connectivity index (χ1n) is 6.94. The maximum Gasteiger partial charge on any atom is 0.0544 e. The lowest BCUT2D eigenvalue weighted by atomic mass is 9.84. The third-order valence-electron chi connectivity index (χ3n) is 3.76. The molecule has 0 aliphatic carbocycles. The Morgan fingerprint density at radius 3 is 2.74 bits per heavy atom. The van der Waals surface area contributed by atoms with Crippen molar-refractivity contribution in [3.05, 3.63) is 28.5 Å². The summed E-state index contributed by atoms with van der Waals surface area (Å²) >= 11 is 3.44. The second kappa shape index (κ2) is 5.90. The first-order chi connectivity index (χ1) is 8.86. The van der Waals surface area contributed by atoms with Crippen LogP contribution in [0.25, 0.3) is 0 Å². The molecule has 0 aromatic carbocycles. The van der Waals surface area contributed by atoms with Crippen molar-refractivity contribution in [2.24, 2.45) is 5.41 Å². The van der Waals surface area contributed by atoms with E-state index in [9.17, 15) is 0 Å². The second-order valence-electron chi connectivity index (χ2n) is 6.59. The number of hydrogen-bond acceptors (Lipinski definition) is 3. The Bertz CT molecular complexity index is 410. The highest BCUT2D eigenvalue weighted by atomic mass is 79.9. The third-order valence-corrected chi connectivity index (χ3v) is 4.23. The second-order valence-corrected chi connectivity index (χ2v) is 7.50. The minimum Gasteiger partial charge on any atom is -0.311 e. The Labute approximate surface area is 124 Å². The summed E-state index contributed by atoms with van der Waals surface area (Å²) in [5, 5.41) is 3.59. The predicted molar refractivity (Wildman–Crippen MR) is 83.1 cm³/mol. The average molecular weight is 326 g/mol. The van der Waals surface area contributed by atoms with Crippen LogP contribution in [0.3, 0.4) is 0 Å².